The van der Waals surface area contributed by atoms with Gasteiger partial charge < -0.3 is 4.57 Å². The van der Waals surface area contributed by atoms with Crippen molar-refractivity contribution < 1.29 is 8.42 Å². The van der Waals surface area contributed by atoms with E-state index in [-0.39, 0.29) is 0 Å². The number of fused-ring (bicyclic) bond motifs is 3. The van der Waals surface area contributed by atoms with Gasteiger partial charge in [-0.3, -0.25) is 0 Å². The molecule has 0 saturated carbocycles. The van der Waals surface area contributed by atoms with E-state index in [4.69, 9.17) is 0 Å². The van der Waals surface area contributed by atoms with Crippen molar-refractivity contribution in [2.75, 3.05) is 6.26 Å². The molecular formula is C13H14N2O2S. The molecule has 94 valence electrons. The molecule has 1 aromatic heterocycles. The van der Waals surface area contributed by atoms with E-state index in [0.717, 1.165) is 35.6 Å². The molecule has 0 bridgehead atoms. The predicted octanol–water partition coefficient (Wildman–Crippen LogP) is 1.68. The average molecular weight is 262 g/mol. The topological polar surface area (TPSA) is 52.0 Å². The zero-order valence-electron chi connectivity index (χ0n) is 10.3. The van der Waals surface area contributed by atoms with E-state index in [1.807, 2.05) is 19.2 Å². The molecule has 0 radical (unpaired) electrons. The minimum atomic E-state index is -3.13. The van der Waals surface area contributed by atoms with Crippen molar-refractivity contribution in [3.05, 3.63) is 41.5 Å². The first-order valence-corrected chi connectivity index (χ1v) is 7.72. The zero-order valence-corrected chi connectivity index (χ0v) is 11.2. The highest BCUT2D eigenvalue weighted by atomic mass is 32.2. The lowest BCUT2D eigenvalue weighted by molar-refractivity contribution is 0.601. The van der Waals surface area contributed by atoms with E-state index in [1.165, 1.54) is 6.26 Å². The monoisotopic (exact) mass is 262 g/mol. The standard InChI is InChI=1S/C13H14N2O2S/c1-9-8-15-12-5-4-11(18(2,16)17)7-10(12)3-6-13(15)14-9/h4-5,7-8H,3,6H2,1-2H3. The second-order valence-electron chi connectivity index (χ2n) is 4.73. The molecule has 1 aliphatic rings. The summed E-state index contributed by atoms with van der Waals surface area (Å²) < 4.78 is 25.2. The van der Waals surface area contributed by atoms with Gasteiger partial charge in [-0.25, -0.2) is 13.4 Å². The number of hydrogen-bond donors (Lipinski definition) is 0. The van der Waals surface area contributed by atoms with Crippen molar-refractivity contribution in [1.82, 2.24) is 9.55 Å². The van der Waals surface area contributed by atoms with E-state index in [9.17, 15) is 8.42 Å². The van der Waals surface area contributed by atoms with Gasteiger partial charge in [-0.05, 0) is 37.1 Å². The molecule has 0 atom stereocenters. The Morgan fingerprint density at radius 3 is 2.78 bits per heavy atom. The summed E-state index contributed by atoms with van der Waals surface area (Å²) in [6.45, 7) is 1.97. The molecule has 1 aromatic carbocycles. The highest BCUT2D eigenvalue weighted by Gasteiger charge is 2.19. The molecule has 0 saturated heterocycles. The van der Waals surface area contributed by atoms with Gasteiger partial charge in [0, 0.05) is 18.9 Å². The summed E-state index contributed by atoms with van der Waals surface area (Å²) in [5, 5.41) is 0. The van der Waals surface area contributed by atoms with Gasteiger partial charge in [-0.1, -0.05) is 0 Å². The molecule has 0 fully saturated rings. The largest absolute Gasteiger partial charge is 0.303 e. The van der Waals surface area contributed by atoms with E-state index < -0.39 is 9.84 Å². The van der Waals surface area contributed by atoms with Gasteiger partial charge in [-0.2, -0.15) is 0 Å². The molecule has 0 amide bonds. The minimum absolute atomic E-state index is 0.390. The molecule has 5 heteroatoms. The Morgan fingerprint density at radius 2 is 2.06 bits per heavy atom. The van der Waals surface area contributed by atoms with Crippen LogP contribution >= 0.6 is 0 Å². The Hall–Kier alpha value is -1.62. The van der Waals surface area contributed by atoms with Crippen LogP contribution in [0.25, 0.3) is 5.69 Å². The molecule has 0 unspecified atom stereocenters. The summed E-state index contributed by atoms with van der Waals surface area (Å²) in [6, 6.07) is 5.32. The first-order valence-electron chi connectivity index (χ1n) is 5.83. The molecule has 3 rings (SSSR count). The number of benzene rings is 1. The van der Waals surface area contributed by atoms with Gasteiger partial charge in [0.1, 0.15) is 5.82 Å². The molecule has 0 aliphatic carbocycles. The molecule has 4 nitrogen and oxygen atoms in total. The molecule has 2 aromatic rings. The summed E-state index contributed by atoms with van der Waals surface area (Å²) in [7, 11) is -3.13. The van der Waals surface area contributed by atoms with Crippen LogP contribution in [0.1, 0.15) is 17.1 Å². The summed E-state index contributed by atoms with van der Waals surface area (Å²) in [5.41, 5.74) is 3.11. The van der Waals surface area contributed by atoms with Crippen LogP contribution in [-0.2, 0) is 22.7 Å². The fraction of sp³-hybridized carbons (Fsp3) is 0.308. The van der Waals surface area contributed by atoms with Crippen molar-refractivity contribution in [1.29, 1.82) is 0 Å². The predicted molar refractivity (Wildman–Crippen MR) is 68.8 cm³/mol. The Kier molecular flexibility index (Phi) is 2.35. The van der Waals surface area contributed by atoms with Crippen LogP contribution in [0.5, 0.6) is 0 Å². The van der Waals surface area contributed by atoms with Crippen LogP contribution in [0.15, 0.2) is 29.3 Å². The average Bonchev–Trinajstić information content (AvgIpc) is 2.68. The van der Waals surface area contributed by atoms with Crippen molar-refractivity contribution in [2.45, 2.75) is 24.7 Å². The van der Waals surface area contributed by atoms with Gasteiger partial charge in [0.05, 0.1) is 16.3 Å². The fourth-order valence-corrected chi connectivity index (χ4v) is 3.08. The van der Waals surface area contributed by atoms with Crippen LogP contribution in [0.2, 0.25) is 0 Å². The third-order valence-electron chi connectivity index (χ3n) is 3.26. The lowest BCUT2D eigenvalue weighted by Crippen LogP contribution is -2.12. The number of hydrogen-bond acceptors (Lipinski definition) is 3. The van der Waals surface area contributed by atoms with Crippen LogP contribution in [-0.4, -0.2) is 24.2 Å². The third-order valence-corrected chi connectivity index (χ3v) is 4.37. The fourth-order valence-electron chi connectivity index (χ4n) is 2.41. The molecule has 18 heavy (non-hydrogen) atoms. The smallest absolute Gasteiger partial charge is 0.175 e. The highest BCUT2D eigenvalue weighted by molar-refractivity contribution is 7.90. The number of aromatic nitrogens is 2. The molecule has 0 spiro atoms. The Balaban J connectivity index is 2.19. The van der Waals surface area contributed by atoms with Crippen molar-refractivity contribution in [3.8, 4) is 5.69 Å². The number of sulfone groups is 1. The van der Waals surface area contributed by atoms with E-state index in [0.29, 0.717) is 4.90 Å². The third kappa shape index (κ3) is 1.75. The first-order chi connectivity index (χ1) is 8.45. The molecule has 0 N–H and O–H groups in total. The van der Waals surface area contributed by atoms with E-state index in [2.05, 4.69) is 9.55 Å². The molecular weight excluding hydrogens is 248 g/mol. The summed E-state index contributed by atoms with van der Waals surface area (Å²) in [4.78, 5) is 4.86. The lowest BCUT2D eigenvalue weighted by Gasteiger charge is -2.18. The van der Waals surface area contributed by atoms with Crippen LogP contribution in [0.4, 0.5) is 0 Å². The first kappa shape index (κ1) is 11.5. The van der Waals surface area contributed by atoms with Crippen LogP contribution in [0, 0.1) is 6.92 Å². The quantitative estimate of drug-likeness (QED) is 0.785. The van der Waals surface area contributed by atoms with Gasteiger partial charge in [0.15, 0.2) is 9.84 Å². The van der Waals surface area contributed by atoms with Crippen molar-refractivity contribution in [2.24, 2.45) is 0 Å². The van der Waals surface area contributed by atoms with E-state index in [1.54, 1.807) is 12.1 Å². The van der Waals surface area contributed by atoms with Crippen molar-refractivity contribution >= 4 is 9.84 Å². The highest BCUT2D eigenvalue weighted by Crippen LogP contribution is 2.27. The number of rotatable bonds is 1. The van der Waals surface area contributed by atoms with E-state index >= 15 is 0 Å². The minimum Gasteiger partial charge on any atom is -0.303 e. The second-order valence-corrected chi connectivity index (χ2v) is 6.75. The maximum atomic E-state index is 11.5. The van der Waals surface area contributed by atoms with Crippen molar-refractivity contribution in [3.63, 3.8) is 0 Å². The lowest BCUT2D eigenvalue weighted by atomic mass is 10.0. The second kappa shape index (κ2) is 3.68. The van der Waals surface area contributed by atoms with Gasteiger partial charge in [0.25, 0.3) is 0 Å². The SMILES string of the molecule is Cc1cn2c(n1)CCc1cc(S(C)(=O)=O)ccc1-2. The van der Waals surface area contributed by atoms with Crippen LogP contribution < -0.4 is 0 Å². The summed E-state index contributed by atoms with van der Waals surface area (Å²) in [6.07, 6.45) is 4.93. The Bertz CT molecular complexity index is 729. The number of nitrogens with zero attached hydrogens (tertiary/aromatic N) is 2. The number of aryl methyl sites for hydroxylation is 3. The Labute approximate surface area is 106 Å². The van der Waals surface area contributed by atoms with Crippen LogP contribution in [0.3, 0.4) is 0 Å². The maximum absolute atomic E-state index is 11.5. The molecule has 1 aliphatic heterocycles. The Morgan fingerprint density at radius 1 is 1.28 bits per heavy atom. The van der Waals surface area contributed by atoms with Gasteiger partial charge >= 0.3 is 0 Å². The number of imidazole rings is 1. The summed E-state index contributed by atoms with van der Waals surface area (Å²) >= 11 is 0. The van der Waals surface area contributed by atoms with Gasteiger partial charge in [0.2, 0.25) is 0 Å². The molecule has 2 heterocycles. The maximum Gasteiger partial charge on any atom is 0.175 e. The normalized spacial score (nSPS) is 14.1. The summed E-state index contributed by atoms with van der Waals surface area (Å²) in [5.74, 6) is 1.05. The zero-order chi connectivity index (χ0) is 12.9. The van der Waals surface area contributed by atoms with Gasteiger partial charge in [-0.15, -0.1) is 0 Å².